The largest absolute Gasteiger partial charge is 0.396 e. The van der Waals surface area contributed by atoms with Crippen molar-refractivity contribution in [2.45, 2.75) is 38.1 Å². The monoisotopic (exact) mass is 269 g/mol. The minimum Gasteiger partial charge on any atom is -0.396 e. The second-order valence-corrected chi connectivity index (χ2v) is 5.21. The molecule has 0 aromatic carbocycles. The number of hydrogen-bond acceptors (Lipinski definition) is 4. The Morgan fingerprint density at radius 3 is 2.72 bits per heavy atom. The smallest absolute Gasteiger partial charge is 0.152 e. The maximum atomic E-state index is 9.24. The zero-order valence-electron chi connectivity index (χ0n) is 10.5. The van der Waals surface area contributed by atoms with Crippen LogP contribution < -0.4 is 10.6 Å². The topological polar surface area (TPSA) is 62.4 Å². The first-order valence-corrected chi connectivity index (χ1v) is 6.88. The summed E-state index contributed by atoms with van der Waals surface area (Å²) in [4.78, 5) is 6.46. The Morgan fingerprint density at radius 2 is 2.11 bits per heavy atom. The number of rotatable bonds is 4. The maximum Gasteiger partial charge on any atom is 0.152 e. The fourth-order valence-electron chi connectivity index (χ4n) is 2.65. The van der Waals surface area contributed by atoms with Crippen molar-refractivity contribution < 1.29 is 5.11 Å². The predicted octanol–water partition coefficient (Wildman–Crippen LogP) is 2.45. The van der Waals surface area contributed by atoms with Crippen LogP contribution in [0.15, 0.2) is 12.3 Å². The number of aliphatic hydroxyl groups excluding tert-OH is 1. The van der Waals surface area contributed by atoms with E-state index in [0.29, 0.717) is 23.3 Å². The van der Waals surface area contributed by atoms with Crippen LogP contribution in [-0.2, 0) is 0 Å². The van der Waals surface area contributed by atoms with Gasteiger partial charge in [0.05, 0.1) is 17.3 Å². The zero-order valence-corrected chi connectivity index (χ0v) is 11.2. The first-order chi connectivity index (χ1) is 8.72. The van der Waals surface area contributed by atoms with E-state index < -0.39 is 0 Å². The van der Waals surface area contributed by atoms with Gasteiger partial charge in [-0.2, -0.15) is 0 Å². The van der Waals surface area contributed by atoms with Gasteiger partial charge in [-0.1, -0.05) is 30.9 Å². The van der Waals surface area contributed by atoms with Crippen LogP contribution in [0.3, 0.4) is 0 Å². The van der Waals surface area contributed by atoms with E-state index in [1.807, 2.05) is 0 Å². The highest BCUT2D eigenvalue weighted by molar-refractivity contribution is 6.30. The minimum atomic E-state index is 0.111. The molecule has 0 bridgehead atoms. The minimum absolute atomic E-state index is 0.111. The van der Waals surface area contributed by atoms with Gasteiger partial charge in [0.2, 0.25) is 0 Å². The summed E-state index contributed by atoms with van der Waals surface area (Å²) < 4.78 is 0. The Bertz CT molecular complexity index is 394. The van der Waals surface area contributed by atoms with Crippen molar-refractivity contribution in [1.29, 1.82) is 0 Å². The second-order valence-electron chi connectivity index (χ2n) is 4.78. The number of hydrogen-bond donors (Lipinski definition) is 2. The number of pyridine rings is 1. The fraction of sp³-hybridized carbons (Fsp3) is 0.615. The van der Waals surface area contributed by atoms with Crippen molar-refractivity contribution in [1.82, 2.24) is 4.98 Å². The van der Waals surface area contributed by atoms with Gasteiger partial charge in [0.1, 0.15) is 0 Å². The molecule has 1 aliphatic carbocycles. The van der Waals surface area contributed by atoms with Crippen LogP contribution in [0.2, 0.25) is 5.02 Å². The van der Waals surface area contributed by atoms with Gasteiger partial charge in [0.25, 0.3) is 0 Å². The molecule has 0 saturated heterocycles. The third kappa shape index (κ3) is 3.06. The first kappa shape index (κ1) is 13.4. The molecule has 0 amide bonds. The summed E-state index contributed by atoms with van der Waals surface area (Å²) in [5.41, 5.74) is 6.57. The van der Waals surface area contributed by atoms with E-state index >= 15 is 0 Å². The summed E-state index contributed by atoms with van der Waals surface area (Å²) >= 11 is 5.87. The molecule has 0 atom stereocenters. The number of aromatic nitrogens is 1. The Kier molecular flexibility index (Phi) is 4.66. The average Bonchev–Trinajstić information content (AvgIpc) is 2.38. The van der Waals surface area contributed by atoms with Crippen LogP contribution in [-0.4, -0.2) is 29.3 Å². The highest BCUT2D eigenvalue weighted by Crippen LogP contribution is 2.30. The standard InChI is InChI=1S/C13H20ClN3O/c14-10-8-12(15)13(16-9-10)17(6-7-18)11-4-2-1-3-5-11/h8-9,11,18H,1-7,15H2. The van der Waals surface area contributed by atoms with E-state index in [1.54, 1.807) is 12.3 Å². The molecule has 18 heavy (non-hydrogen) atoms. The number of anilines is 2. The molecule has 1 aliphatic rings. The molecular formula is C13H20ClN3O. The van der Waals surface area contributed by atoms with E-state index in [1.165, 1.54) is 19.3 Å². The van der Waals surface area contributed by atoms with E-state index in [-0.39, 0.29) is 6.61 Å². The quantitative estimate of drug-likeness (QED) is 0.881. The van der Waals surface area contributed by atoms with E-state index in [0.717, 1.165) is 18.7 Å². The van der Waals surface area contributed by atoms with Crippen LogP contribution in [0.25, 0.3) is 0 Å². The van der Waals surface area contributed by atoms with Crippen molar-refractivity contribution in [2.24, 2.45) is 0 Å². The van der Waals surface area contributed by atoms with Crippen molar-refractivity contribution in [3.8, 4) is 0 Å². The van der Waals surface area contributed by atoms with Gasteiger partial charge in [0, 0.05) is 18.8 Å². The van der Waals surface area contributed by atoms with Crippen molar-refractivity contribution >= 4 is 23.1 Å². The van der Waals surface area contributed by atoms with Crippen LogP contribution in [0.5, 0.6) is 0 Å². The second kappa shape index (κ2) is 6.25. The molecule has 1 fully saturated rings. The lowest BCUT2D eigenvalue weighted by molar-refractivity contribution is 0.289. The third-order valence-electron chi connectivity index (χ3n) is 3.49. The maximum absolute atomic E-state index is 9.24. The van der Waals surface area contributed by atoms with Gasteiger partial charge < -0.3 is 15.7 Å². The van der Waals surface area contributed by atoms with Crippen molar-refractivity contribution in [2.75, 3.05) is 23.8 Å². The molecule has 4 nitrogen and oxygen atoms in total. The van der Waals surface area contributed by atoms with Gasteiger partial charge in [-0.05, 0) is 18.9 Å². The number of nitrogen functional groups attached to an aromatic ring is 1. The highest BCUT2D eigenvalue weighted by Gasteiger charge is 2.23. The zero-order chi connectivity index (χ0) is 13.0. The summed E-state index contributed by atoms with van der Waals surface area (Å²) in [6, 6.07) is 2.15. The molecule has 5 heteroatoms. The summed E-state index contributed by atoms with van der Waals surface area (Å²) in [6.07, 6.45) is 7.67. The van der Waals surface area contributed by atoms with Crippen LogP contribution in [0.4, 0.5) is 11.5 Å². The van der Waals surface area contributed by atoms with E-state index in [9.17, 15) is 5.11 Å². The molecule has 100 valence electrons. The summed E-state index contributed by atoms with van der Waals surface area (Å²) in [6.45, 7) is 0.684. The molecule has 0 spiro atoms. The summed E-state index contributed by atoms with van der Waals surface area (Å²) in [5, 5.41) is 9.78. The summed E-state index contributed by atoms with van der Waals surface area (Å²) in [5.74, 6) is 0.750. The lowest BCUT2D eigenvalue weighted by atomic mass is 9.94. The predicted molar refractivity (Wildman–Crippen MR) is 75.0 cm³/mol. The van der Waals surface area contributed by atoms with Gasteiger partial charge in [0.15, 0.2) is 5.82 Å². The molecule has 1 heterocycles. The third-order valence-corrected chi connectivity index (χ3v) is 3.70. The highest BCUT2D eigenvalue weighted by atomic mass is 35.5. The Morgan fingerprint density at radius 1 is 1.39 bits per heavy atom. The van der Waals surface area contributed by atoms with Gasteiger partial charge >= 0.3 is 0 Å². The lowest BCUT2D eigenvalue weighted by Gasteiger charge is -2.35. The van der Waals surface area contributed by atoms with Crippen LogP contribution >= 0.6 is 11.6 Å². The molecule has 0 unspecified atom stereocenters. The molecule has 1 aromatic rings. The fourth-order valence-corrected chi connectivity index (χ4v) is 2.82. The molecule has 3 N–H and O–H groups in total. The Hall–Kier alpha value is -1.00. The molecule has 1 aromatic heterocycles. The number of nitrogens with two attached hydrogens (primary N) is 1. The number of aliphatic hydroxyl groups is 1. The first-order valence-electron chi connectivity index (χ1n) is 6.51. The van der Waals surface area contributed by atoms with Crippen LogP contribution in [0, 0.1) is 0 Å². The molecule has 0 aliphatic heterocycles. The Balaban J connectivity index is 2.22. The van der Waals surface area contributed by atoms with Crippen LogP contribution in [0.1, 0.15) is 32.1 Å². The lowest BCUT2D eigenvalue weighted by Crippen LogP contribution is -2.39. The van der Waals surface area contributed by atoms with Gasteiger partial charge in [-0.25, -0.2) is 4.98 Å². The average molecular weight is 270 g/mol. The van der Waals surface area contributed by atoms with E-state index in [4.69, 9.17) is 17.3 Å². The van der Waals surface area contributed by atoms with Crippen molar-refractivity contribution in [3.63, 3.8) is 0 Å². The van der Waals surface area contributed by atoms with Gasteiger partial charge in [-0.15, -0.1) is 0 Å². The normalized spacial score (nSPS) is 16.8. The molecule has 0 radical (unpaired) electrons. The van der Waals surface area contributed by atoms with E-state index in [2.05, 4.69) is 9.88 Å². The SMILES string of the molecule is Nc1cc(Cl)cnc1N(CCO)C1CCCCC1. The molecule has 1 saturated carbocycles. The molecule has 2 rings (SSSR count). The number of nitrogens with zero attached hydrogens (tertiary/aromatic N) is 2. The number of halogens is 1. The summed E-state index contributed by atoms with van der Waals surface area (Å²) in [7, 11) is 0. The molecular weight excluding hydrogens is 250 g/mol. The van der Waals surface area contributed by atoms with Crippen molar-refractivity contribution in [3.05, 3.63) is 17.3 Å². The van der Waals surface area contributed by atoms with Gasteiger partial charge in [-0.3, -0.25) is 0 Å². The Labute approximate surface area is 113 Å².